The molecule has 1 amide bonds. The summed E-state index contributed by atoms with van der Waals surface area (Å²) in [5, 5.41) is 13.1. The summed E-state index contributed by atoms with van der Waals surface area (Å²) in [5.41, 5.74) is -0.576. The van der Waals surface area contributed by atoms with Gasteiger partial charge in [-0.05, 0) is 45.2 Å². The van der Waals surface area contributed by atoms with Gasteiger partial charge in [0.2, 0.25) is 5.91 Å². The highest BCUT2D eigenvalue weighted by atomic mass is 16.3. The van der Waals surface area contributed by atoms with Crippen LogP contribution >= 0.6 is 0 Å². The van der Waals surface area contributed by atoms with Crippen LogP contribution in [0.4, 0.5) is 0 Å². The number of nitrogens with zero attached hydrogens (tertiary/aromatic N) is 1. The van der Waals surface area contributed by atoms with Crippen LogP contribution in [-0.4, -0.2) is 47.7 Å². The number of nitrogens with one attached hydrogen (secondary N) is 1. The third-order valence-corrected chi connectivity index (χ3v) is 3.75. The summed E-state index contributed by atoms with van der Waals surface area (Å²) < 4.78 is 0. The van der Waals surface area contributed by atoms with Gasteiger partial charge in [-0.1, -0.05) is 0 Å². The average Bonchev–Trinajstić information content (AvgIpc) is 2.33. The van der Waals surface area contributed by atoms with Gasteiger partial charge in [-0.25, -0.2) is 0 Å². The van der Waals surface area contributed by atoms with Crippen LogP contribution in [0, 0.1) is 5.92 Å². The summed E-state index contributed by atoms with van der Waals surface area (Å²) in [6.07, 6.45) is 3.11. The Hall–Kier alpha value is -0.610. The van der Waals surface area contributed by atoms with Crippen LogP contribution in [0.5, 0.6) is 0 Å². The molecule has 2 rings (SSSR count). The van der Waals surface area contributed by atoms with Crippen molar-refractivity contribution >= 4 is 5.91 Å². The van der Waals surface area contributed by atoms with E-state index in [9.17, 15) is 9.90 Å². The van der Waals surface area contributed by atoms with Gasteiger partial charge in [-0.2, -0.15) is 0 Å². The van der Waals surface area contributed by atoms with Gasteiger partial charge in [0.1, 0.15) is 0 Å². The normalized spacial score (nSPS) is 32.0. The van der Waals surface area contributed by atoms with E-state index in [1.807, 2.05) is 11.8 Å². The molecule has 4 heteroatoms. The van der Waals surface area contributed by atoms with E-state index in [2.05, 4.69) is 5.32 Å². The van der Waals surface area contributed by atoms with Crippen molar-refractivity contribution in [1.29, 1.82) is 0 Å². The van der Waals surface area contributed by atoms with Crippen molar-refractivity contribution < 1.29 is 9.90 Å². The van der Waals surface area contributed by atoms with Crippen molar-refractivity contribution in [3.8, 4) is 0 Å². The molecule has 1 unspecified atom stereocenters. The van der Waals surface area contributed by atoms with Crippen LogP contribution in [0.15, 0.2) is 0 Å². The molecule has 2 aliphatic rings. The van der Waals surface area contributed by atoms with Gasteiger partial charge in [-0.3, -0.25) is 4.79 Å². The molecule has 0 bridgehead atoms. The number of hydrogen-bond donors (Lipinski definition) is 2. The molecule has 2 heterocycles. The number of likely N-dealkylation sites (tertiary alicyclic amines) is 1. The van der Waals surface area contributed by atoms with Crippen LogP contribution in [0.3, 0.4) is 0 Å². The monoisotopic (exact) mass is 226 g/mol. The molecule has 2 saturated heterocycles. The zero-order valence-electron chi connectivity index (χ0n) is 10.0. The lowest BCUT2D eigenvalue weighted by Crippen LogP contribution is -2.45. The minimum atomic E-state index is -0.576. The fourth-order valence-electron chi connectivity index (χ4n) is 2.38. The minimum absolute atomic E-state index is 0.268. The van der Waals surface area contributed by atoms with Crippen molar-refractivity contribution in [2.75, 3.05) is 26.2 Å². The molecule has 0 aromatic carbocycles. The zero-order chi connectivity index (χ0) is 11.6. The van der Waals surface area contributed by atoms with Crippen LogP contribution in [0.1, 0.15) is 32.6 Å². The van der Waals surface area contributed by atoms with Crippen molar-refractivity contribution in [2.45, 2.75) is 38.2 Å². The van der Waals surface area contributed by atoms with Crippen molar-refractivity contribution in [3.05, 3.63) is 0 Å². The Labute approximate surface area is 97.0 Å². The van der Waals surface area contributed by atoms with E-state index in [-0.39, 0.29) is 5.91 Å². The Bertz CT molecular complexity index is 262. The summed E-state index contributed by atoms with van der Waals surface area (Å²) >= 11 is 0. The van der Waals surface area contributed by atoms with Gasteiger partial charge in [-0.15, -0.1) is 0 Å². The molecule has 2 N–H and O–H groups in total. The van der Waals surface area contributed by atoms with E-state index in [4.69, 9.17) is 0 Å². The van der Waals surface area contributed by atoms with E-state index in [1.165, 1.54) is 0 Å². The highest BCUT2D eigenvalue weighted by molar-refractivity contribution is 5.76. The Morgan fingerprint density at radius 1 is 1.44 bits per heavy atom. The Morgan fingerprint density at radius 2 is 2.19 bits per heavy atom. The van der Waals surface area contributed by atoms with E-state index < -0.39 is 5.60 Å². The first-order valence-corrected chi connectivity index (χ1v) is 6.28. The maximum atomic E-state index is 12.0. The second-order valence-electron chi connectivity index (χ2n) is 5.46. The third kappa shape index (κ3) is 2.95. The highest BCUT2D eigenvalue weighted by Gasteiger charge is 2.28. The van der Waals surface area contributed by atoms with Gasteiger partial charge < -0.3 is 15.3 Å². The maximum Gasteiger partial charge on any atom is 0.222 e. The van der Waals surface area contributed by atoms with E-state index in [0.29, 0.717) is 25.3 Å². The lowest BCUT2D eigenvalue weighted by molar-refractivity contribution is -0.132. The van der Waals surface area contributed by atoms with Crippen molar-refractivity contribution in [2.24, 2.45) is 5.92 Å². The van der Waals surface area contributed by atoms with Crippen LogP contribution in [0.25, 0.3) is 0 Å². The molecule has 4 nitrogen and oxygen atoms in total. The van der Waals surface area contributed by atoms with Gasteiger partial charge in [0.15, 0.2) is 0 Å². The Balaban J connectivity index is 1.81. The predicted molar refractivity (Wildman–Crippen MR) is 62.0 cm³/mol. The quantitative estimate of drug-likeness (QED) is 0.715. The SMILES string of the molecule is CC1(O)CCCN(C(=O)CC2CNC2)CC1. The summed E-state index contributed by atoms with van der Waals surface area (Å²) in [7, 11) is 0. The summed E-state index contributed by atoms with van der Waals surface area (Å²) in [4.78, 5) is 13.9. The number of rotatable bonds is 2. The molecule has 0 saturated carbocycles. The van der Waals surface area contributed by atoms with Gasteiger partial charge >= 0.3 is 0 Å². The number of amides is 1. The fourth-order valence-corrected chi connectivity index (χ4v) is 2.38. The molecule has 1 atom stereocenters. The summed E-state index contributed by atoms with van der Waals surface area (Å²) in [6.45, 7) is 5.37. The number of carbonyl (C=O) groups is 1. The number of hydrogen-bond acceptors (Lipinski definition) is 3. The van der Waals surface area contributed by atoms with Crippen LogP contribution in [-0.2, 0) is 4.79 Å². The molecule has 16 heavy (non-hydrogen) atoms. The molecule has 0 radical (unpaired) electrons. The first kappa shape index (κ1) is 11.9. The molecule has 2 aliphatic heterocycles. The first-order valence-electron chi connectivity index (χ1n) is 6.28. The second kappa shape index (κ2) is 4.72. The lowest BCUT2D eigenvalue weighted by atomic mass is 9.98. The van der Waals surface area contributed by atoms with Crippen LogP contribution in [0.2, 0.25) is 0 Å². The topological polar surface area (TPSA) is 52.6 Å². The standard InChI is InChI=1S/C12H22N2O2/c1-12(16)3-2-5-14(6-4-12)11(15)7-10-8-13-9-10/h10,13,16H,2-9H2,1H3. The Morgan fingerprint density at radius 3 is 2.81 bits per heavy atom. The molecular formula is C12H22N2O2. The first-order chi connectivity index (χ1) is 7.57. The number of carbonyl (C=O) groups excluding carboxylic acids is 1. The predicted octanol–water partition coefficient (Wildman–Crippen LogP) is 0.359. The average molecular weight is 226 g/mol. The molecule has 0 aromatic rings. The molecule has 0 spiro atoms. The van der Waals surface area contributed by atoms with Crippen molar-refractivity contribution in [3.63, 3.8) is 0 Å². The second-order valence-corrected chi connectivity index (χ2v) is 5.46. The molecule has 2 fully saturated rings. The fraction of sp³-hybridized carbons (Fsp3) is 0.917. The van der Waals surface area contributed by atoms with Gasteiger partial charge in [0, 0.05) is 19.5 Å². The highest BCUT2D eigenvalue weighted by Crippen LogP contribution is 2.22. The largest absolute Gasteiger partial charge is 0.390 e. The molecule has 0 aliphatic carbocycles. The molecule has 0 aromatic heterocycles. The van der Waals surface area contributed by atoms with E-state index in [0.717, 1.165) is 32.5 Å². The van der Waals surface area contributed by atoms with E-state index in [1.54, 1.807) is 0 Å². The maximum absolute atomic E-state index is 12.0. The zero-order valence-corrected chi connectivity index (χ0v) is 10.0. The van der Waals surface area contributed by atoms with Crippen molar-refractivity contribution in [1.82, 2.24) is 10.2 Å². The van der Waals surface area contributed by atoms with E-state index >= 15 is 0 Å². The van der Waals surface area contributed by atoms with Gasteiger partial charge in [0.05, 0.1) is 5.60 Å². The minimum Gasteiger partial charge on any atom is -0.390 e. The number of aliphatic hydroxyl groups is 1. The molecular weight excluding hydrogens is 204 g/mol. The smallest absolute Gasteiger partial charge is 0.222 e. The molecule has 92 valence electrons. The lowest BCUT2D eigenvalue weighted by Gasteiger charge is -2.29. The van der Waals surface area contributed by atoms with Crippen LogP contribution < -0.4 is 5.32 Å². The van der Waals surface area contributed by atoms with Gasteiger partial charge in [0.25, 0.3) is 0 Å². The third-order valence-electron chi connectivity index (χ3n) is 3.75. The Kier molecular flexibility index (Phi) is 3.50. The summed E-state index contributed by atoms with van der Waals surface area (Å²) in [5.74, 6) is 0.806. The summed E-state index contributed by atoms with van der Waals surface area (Å²) in [6, 6.07) is 0.